The molecule has 1 aromatic heterocycles. The number of hydrogen-bond donors (Lipinski definition) is 1. The van der Waals surface area contributed by atoms with Gasteiger partial charge in [0.15, 0.2) is 11.6 Å². The Morgan fingerprint density at radius 3 is 2.77 bits per heavy atom. The second kappa shape index (κ2) is 6.60. The Balaban J connectivity index is 1.58. The van der Waals surface area contributed by atoms with E-state index in [1.54, 1.807) is 17.1 Å². The third-order valence-corrected chi connectivity index (χ3v) is 4.56. The lowest BCUT2D eigenvalue weighted by Gasteiger charge is -2.21. The zero-order valence-corrected chi connectivity index (χ0v) is 14.9. The molecule has 0 bridgehead atoms. The first-order valence-corrected chi connectivity index (χ1v) is 8.56. The van der Waals surface area contributed by atoms with Gasteiger partial charge in [-0.05, 0) is 24.3 Å². The number of H-pyrrole nitrogens is 1. The van der Waals surface area contributed by atoms with Crippen LogP contribution in [-0.4, -0.2) is 21.2 Å². The minimum atomic E-state index is -0.954. The number of rotatable bonds is 3. The van der Waals surface area contributed by atoms with Crippen molar-refractivity contribution in [1.29, 1.82) is 0 Å². The summed E-state index contributed by atoms with van der Waals surface area (Å²) < 4.78 is 42.1. The van der Waals surface area contributed by atoms with Crippen molar-refractivity contribution >= 4 is 22.1 Å². The number of nitrogens with zero attached hydrogens (tertiary/aromatic N) is 3. The van der Waals surface area contributed by atoms with Gasteiger partial charge in [0.2, 0.25) is 0 Å². The lowest BCUT2D eigenvalue weighted by atomic mass is 10.2. The Kier molecular flexibility index (Phi) is 4.28. The summed E-state index contributed by atoms with van der Waals surface area (Å²) in [6, 6.07) is 8.78. The molecular weight excluding hydrogens is 409 g/mol. The van der Waals surface area contributed by atoms with Gasteiger partial charge in [-0.2, -0.15) is 5.10 Å². The van der Waals surface area contributed by atoms with Gasteiger partial charge in [0.1, 0.15) is 17.3 Å². The Labute approximate surface area is 155 Å². The zero-order chi connectivity index (χ0) is 18.3. The van der Waals surface area contributed by atoms with Crippen molar-refractivity contribution in [2.45, 2.75) is 13.1 Å². The average Bonchev–Trinajstić information content (AvgIpc) is 3.03. The molecular formula is C18H12BrF3N4. The third-order valence-electron chi connectivity index (χ3n) is 4.07. The summed E-state index contributed by atoms with van der Waals surface area (Å²) in [6.45, 7) is 0.628. The predicted molar refractivity (Wildman–Crippen MR) is 94.9 cm³/mol. The lowest BCUT2D eigenvalue weighted by Crippen LogP contribution is -2.22. The van der Waals surface area contributed by atoms with E-state index in [9.17, 15) is 13.2 Å². The Bertz CT molecular complexity index is 1020. The fourth-order valence-electron chi connectivity index (χ4n) is 2.77. The highest BCUT2D eigenvalue weighted by atomic mass is 79.9. The number of fused-ring (bicyclic) bond motifs is 1. The second-order valence-electron chi connectivity index (χ2n) is 5.85. The minimum absolute atomic E-state index is 0.0540. The van der Waals surface area contributed by atoms with Crippen LogP contribution in [0.15, 0.2) is 46.0 Å². The van der Waals surface area contributed by atoms with Gasteiger partial charge in [-0.1, -0.05) is 28.1 Å². The Hall–Kier alpha value is -2.61. The molecule has 4 nitrogen and oxygen atoms in total. The summed E-state index contributed by atoms with van der Waals surface area (Å²) in [4.78, 5) is 7.28. The third kappa shape index (κ3) is 3.12. The molecule has 2 heterocycles. The quantitative estimate of drug-likeness (QED) is 0.672. The van der Waals surface area contributed by atoms with Crippen LogP contribution in [0.5, 0.6) is 0 Å². The zero-order valence-electron chi connectivity index (χ0n) is 13.3. The largest absolute Gasteiger partial charge is 0.340 e. The predicted octanol–water partition coefficient (Wildman–Crippen LogP) is 4.61. The topological polar surface area (TPSA) is 44.3 Å². The van der Waals surface area contributed by atoms with E-state index in [2.05, 4.69) is 31.0 Å². The van der Waals surface area contributed by atoms with Gasteiger partial charge in [0.05, 0.1) is 30.6 Å². The number of aromatic nitrogens is 2. The summed E-state index contributed by atoms with van der Waals surface area (Å²) in [5.74, 6) is -1.98. The number of aromatic amines is 1. The van der Waals surface area contributed by atoms with Crippen LogP contribution in [0.4, 0.5) is 13.2 Å². The number of halogens is 4. The SMILES string of the molecule is Fc1cc(Br)ccc1CN1Cc2[nH]c(-c3cccc(F)c3F)nc2C=N1. The minimum Gasteiger partial charge on any atom is -0.340 e. The summed E-state index contributed by atoms with van der Waals surface area (Å²) in [5.41, 5.74) is 1.82. The molecule has 0 radical (unpaired) electrons. The van der Waals surface area contributed by atoms with Gasteiger partial charge in [-0.25, -0.2) is 18.2 Å². The van der Waals surface area contributed by atoms with Crippen LogP contribution < -0.4 is 0 Å². The summed E-state index contributed by atoms with van der Waals surface area (Å²) in [7, 11) is 0. The van der Waals surface area contributed by atoms with Crippen LogP contribution in [0.1, 0.15) is 17.0 Å². The Morgan fingerprint density at radius 2 is 1.96 bits per heavy atom. The average molecular weight is 421 g/mol. The molecule has 0 saturated heterocycles. The molecule has 26 heavy (non-hydrogen) atoms. The maximum Gasteiger partial charge on any atom is 0.169 e. The molecule has 0 fully saturated rings. The summed E-state index contributed by atoms with van der Waals surface area (Å²) in [6.07, 6.45) is 1.52. The maximum absolute atomic E-state index is 14.0. The van der Waals surface area contributed by atoms with Gasteiger partial charge in [-0.15, -0.1) is 0 Å². The number of hydrogen-bond acceptors (Lipinski definition) is 3. The highest BCUT2D eigenvalue weighted by Crippen LogP contribution is 2.25. The van der Waals surface area contributed by atoms with Crippen molar-refractivity contribution in [3.63, 3.8) is 0 Å². The molecule has 0 spiro atoms. The van der Waals surface area contributed by atoms with Crippen LogP contribution in [0.3, 0.4) is 0 Å². The molecule has 0 unspecified atom stereocenters. The number of hydrazone groups is 1. The summed E-state index contributed by atoms with van der Waals surface area (Å²) in [5, 5.41) is 5.92. The molecule has 1 aliphatic rings. The van der Waals surface area contributed by atoms with Crippen LogP contribution >= 0.6 is 15.9 Å². The van der Waals surface area contributed by atoms with Gasteiger partial charge in [-0.3, -0.25) is 5.01 Å². The molecule has 8 heteroatoms. The summed E-state index contributed by atoms with van der Waals surface area (Å²) >= 11 is 3.22. The highest BCUT2D eigenvalue weighted by Gasteiger charge is 2.20. The number of imidazole rings is 1. The molecule has 132 valence electrons. The fraction of sp³-hybridized carbons (Fsp3) is 0.111. The van der Waals surface area contributed by atoms with Crippen LogP contribution in [0.25, 0.3) is 11.4 Å². The van der Waals surface area contributed by atoms with E-state index in [4.69, 9.17) is 0 Å². The molecule has 2 aromatic carbocycles. The fourth-order valence-corrected chi connectivity index (χ4v) is 3.10. The number of benzene rings is 2. The van der Waals surface area contributed by atoms with E-state index in [0.717, 1.165) is 6.07 Å². The van der Waals surface area contributed by atoms with Gasteiger partial charge < -0.3 is 4.98 Å². The van der Waals surface area contributed by atoms with E-state index < -0.39 is 11.6 Å². The van der Waals surface area contributed by atoms with Crippen molar-refractivity contribution in [2.24, 2.45) is 5.10 Å². The van der Waals surface area contributed by atoms with E-state index in [1.165, 1.54) is 24.4 Å². The molecule has 0 amide bonds. The van der Waals surface area contributed by atoms with E-state index in [-0.39, 0.29) is 23.7 Å². The van der Waals surface area contributed by atoms with Crippen molar-refractivity contribution in [3.05, 3.63) is 75.3 Å². The second-order valence-corrected chi connectivity index (χ2v) is 6.77. The standard InChI is InChI=1S/C18H12BrF3N4/c19-11-5-4-10(14(21)6-11)8-26-9-16-15(7-23-26)24-18(25-16)12-2-1-3-13(20)17(12)22/h1-7H,8-9H2,(H,24,25). The molecule has 3 aromatic rings. The van der Waals surface area contributed by atoms with Crippen molar-refractivity contribution in [2.75, 3.05) is 0 Å². The molecule has 0 saturated carbocycles. The van der Waals surface area contributed by atoms with Crippen molar-refractivity contribution in [3.8, 4) is 11.4 Å². The monoisotopic (exact) mass is 420 g/mol. The van der Waals surface area contributed by atoms with Gasteiger partial charge in [0, 0.05) is 10.0 Å². The highest BCUT2D eigenvalue weighted by molar-refractivity contribution is 9.10. The molecule has 0 atom stereocenters. The maximum atomic E-state index is 14.0. The van der Waals surface area contributed by atoms with Crippen molar-refractivity contribution in [1.82, 2.24) is 15.0 Å². The lowest BCUT2D eigenvalue weighted by molar-refractivity contribution is 0.261. The number of nitrogens with one attached hydrogen (secondary N) is 1. The normalized spacial score (nSPS) is 13.2. The van der Waals surface area contributed by atoms with E-state index >= 15 is 0 Å². The first-order valence-electron chi connectivity index (χ1n) is 7.77. The van der Waals surface area contributed by atoms with E-state index in [0.29, 0.717) is 28.0 Å². The van der Waals surface area contributed by atoms with Crippen LogP contribution in [-0.2, 0) is 13.1 Å². The Morgan fingerprint density at radius 1 is 1.12 bits per heavy atom. The smallest absolute Gasteiger partial charge is 0.169 e. The molecule has 0 aliphatic carbocycles. The molecule has 4 rings (SSSR count). The van der Waals surface area contributed by atoms with Gasteiger partial charge >= 0.3 is 0 Å². The first kappa shape index (κ1) is 16.8. The van der Waals surface area contributed by atoms with Crippen LogP contribution in [0.2, 0.25) is 0 Å². The molecule has 1 aliphatic heterocycles. The first-order chi connectivity index (χ1) is 12.5. The van der Waals surface area contributed by atoms with E-state index in [1.807, 2.05) is 0 Å². The molecule has 1 N–H and O–H groups in total. The van der Waals surface area contributed by atoms with Crippen LogP contribution in [0, 0.1) is 17.5 Å². The van der Waals surface area contributed by atoms with Crippen molar-refractivity contribution < 1.29 is 13.2 Å². The van der Waals surface area contributed by atoms with Gasteiger partial charge in [0.25, 0.3) is 0 Å².